The van der Waals surface area contributed by atoms with E-state index in [0.717, 1.165) is 22.5 Å². The summed E-state index contributed by atoms with van der Waals surface area (Å²) in [7, 11) is 0. The third-order valence-electron chi connectivity index (χ3n) is 5.11. The molecule has 2 unspecified atom stereocenters. The van der Waals surface area contributed by atoms with Crippen LogP contribution in [-0.4, -0.2) is 33.3 Å². The van der Waals surface area contributed by atoms with Gasteiger partial charge in [0.15, 0.2) is 0 Å². The molecule has 3 aromatic rings. The molecular weight excluding hydrogens is 390 g/mol. The summed E-state index contributed by atoms with van der Waals surface area (Å²) >= 11 is 0. The Morgan fingerprint density at radius 1 is 1.23 bits per heavy atom. The molecular formula is C24H25N5O2. The summed E-state index contributed by atoms with van der Waals surface area (Å²) in [5, 5.41) is 19.3. The molecule has 1 amide bonds. The zero-order valence-electron chi connectivity index (χ0n) is 17.2. The van der Waals surface area contributed by atoms with E-state index < -0.39 is 6.04 Å². The lowest BCUT2D eigenvalue weighted by atomic mass is 10.1. The molecule has 3 heterocycles. The normalized spacial score (nSPS) is 16.5. The fraction of sp³-hybridized carbons (Fsp3) is 0.167. The predicted octanol–water partition coefficient (Wildman–Crippen LogP) is 3.13. The van der Waals surface area contributed by atoms with Crippen LogP contribution < -0.4 is 16.0 Å². The van der Waals surface area contributed by atoms with Crippen molar-refractivity contribution >= 4 is 17.3 Å². The van der Waals surface area contributed by atoms with Crippen molar-refractivity contribution in [3.05, 3.63) is 102 Å². The lowest BCUT2D eigenvalue weighted by Gasteiger charge is -2.24. The molecule has 1 aliphatic heterocycles. The highest BCUT2D eigenvalue weighted by Gasteiger charge is 2.18. The van der Waals surface area contributed by atoms with E-state index >= 15 is 0 Å². The van der Waals surface area contributed by atoms with E-state index in [-0.39, 0.29) is 18.7 Å². The maximum atomic E-state index is 12.8. The van der Waals surface area contributed by atoms with E-state index in [2.05, 4.69) is 27.0 Å². The number of aliphatic hydroxyl groups is 1. The van der Waals surface area contributed by atoms with E-state index in [1.807, 2.05) is 66.4 Å². The Bertz CT molecular complexity index is 1090. The number of anilines is 1. The van der Waals surface area contributed by atoms with Crippen LogP contribution in [0.2, 0.25) is 0 Å². The van der Waals surface area contributed by atoms with Crippen molar-refractivity contribution in [2.24, 2.45) is 0 Å². The molecule has 1 aromatic carbocycles. The van der Waals surface area contributed by atoms with E-state index in [0.29, 0.717) is 5.56 Å². The van der Waals surface area contributed by atoms with Gasteiger partial charge in [-0.25, -0.2) is 0 Å². The molecule has 0 fully saturated rings. The molecule has 158 valence electrons. The smallest absolute Gasteiger partial charge is 0.253 e. The molecule has 0 radical (unpaired) electrons. The second-order valence-electron chi connectivity index (χ2n) is 7.34. The fourth-order valence-corrected chi connectivity index (χ4v) is 3.47. The number of carbonyl (C=O) groups excluding carboxylic acids is 1. The quantitative estimate of drug-likeness (QED) is 0.476. The summed E-state index contributed by atoms with van der Waals surface area (Å²) in [6, 6.07) is 14.6. The summed E-state index contributed by atoms with van der Waals surface area (Å²) in [6.45, 7) is 1.84. The minimum atomic E-state index is -0.454. The van der Waals surface area contributed by atoms with Crippen molar-refractivity contribution in [1.82, 2.24) is 20.2 Å². The molecule has 4 N–H and O–H groups in total. The van der Waals surface area contributed by atoms with Gasteiger partial charge in [-0.1, -0.05) is 30.3 Å². The first-order valence-corrected chi connectivity index (χ1v) is 10.1. The number of carbonyl (C=O) groups is 1. The maximum absolute atomic E-state index is 12.8. The number of aliphatic hydroxyl groups excluding tert-OH is 1. The van der Waals surface area contributed by atoms with Crippen molar-refractivity contribution in [2.75, 3.05) is 11.9 Å². The van der Waals surface area contributed by atoms with Crippen molar-refractivity contribution in [1.29, 1.82) is 0 Å². The second-order valence-corrected chi connectivity index (χ2v) is 7.34. The van der Waals surface area contributed by atoms with Crippen LogP contribution in [0.3, 0.4) is 0 Å². The van der Waals surface area contributed by atoms with Gasteiger partial charge in [0.25, 0.3) is 5.91 Å². The molecule has 2 atom stereocenters. The predicted molar refractivity (Wildman–Crippen MR) is 121 cm³/mol. The van der Waals surface area contributed by atoms with Crippen LogP contribution in [-0.2, 0) is 0 Å². The van der Waals surface area contributed by atoms with Crippen molar-refractivity contribution < 1.29 is 9.90 Å². The van der Waals surface area contributed by atoms with Crippen LogP contribution >= 0.6 is 0 Å². The van der Waals surface area contributed by atoms with Crippen LogP contribution in [0.5, 0.6) is 0 Å². The lowest BCUT2D eigenvalue weighted by molar-refractivity contribution is 0.0916. The molecule has 4 rings (SSSR count). The standard InChI is InChI=1S/C24H25N5O2/c1-17-13-26-23(27-20-8-5-10-25-14-20)12-22(17)29-11-9-19(15-29)24(31)28-21(16-30)18-6-3-2-4-7-18/h2-15,21,23,26-27,30H,16H2,1H3,(H,28,31). The van der Waals surface area contributed by atoms with Gasteiger partial charge < -0.3 is 25.6 Å². The third-order valence-corrected chi connectivity index (χ3v) is 5.11. The number of amides is 1. The number of allylic oxidation sites excluding steroid dienone is 2. The third kappa shape index (κ3) is 4.84. The van der Waals surface area contributed by atoms with Gasteiger partial charge in [-0.2, -0.15) is 0 Å². The Kier molecular flexibility index (Phi) is 6.14. The Labute approximate surface area is 181 Å². The average Bonchev–Trinajstić information content (AvgIpc) is 3.30. The van der Waals surface area contributed by atoms with Crippen molar-refractivity contribution in [3.63, 3.8) is 0 Å². The van der Waals surface area contributed by atoms with Gasteiger partial charge in [-0.05, 0) is 42.3 Å². The Morgan fingerprint density at radius 3 is 2.81 bits per heavy atom. The van der Waals surface area contributed by atoms with E-state index in [1.165, 1.54) is 0 Å². The van der Waals surface area contributed by atoms with Crippen molar-refractivity contribution in [3.8, 4) is 0 Å². The van der Waals surface area contributed by atoms with Crippen molar-refractivity contribution in [2.45, 2.75) is 19.1 Å². The van der Waals surface area contributed by atoms with Crippen LogP contribution in [0.15, 0.2) is 91.2 Å². The largest absolute Gasteiger partial charge is 0.394 e. The first-order chi connectivity index (χ1) is 15.1. The van der Waals surface area contributed by atoms with Crippen LogP contribution in [0, 0.1) is 0 Å². The molecule has 0 aliphatic carbocycles. The molecule has 2 aromatic heterocycles. The molecule has 7 nitrogen and oxygen atoms in total. The molecule has 0 spiro atoms. The first kappa shape index (κ1) is 20.4. The number of nitrogens with one attached hydrogen (secondary N) is 3. The van der Waals surface area contributed by atoms with Gasteiger partial charge >= 0.3 is 0 Å². The monoisotopic (exact) mass is 415 g/mol. The Balaban J connectivity index is 1.49. The number of nitrogens with zero attached hydrogens (tertiary/aromatic N) is 2. The summed E-state index contributed by atoms with van der Waals surface area (Å²) < 4.78 is 1.93. The molecule has 0 bridgehead atoms. The minimum Gasteiger partial charge on any atom is -0.394 e. The highest BCUT2D eigenvalue weighted by molar-refractivity contribution is 5.94. The number of aromatic nitrogens is 2. The van der Waals surface area contributed by atoms with E-state index in [1.54, 1.807) is 24.7 Å². The highest BCUT2D eigenvalue weighted by atomic mass is 16.3. The van der Waals surface area contributed by atoms with Gasteiger partial charge in [0.05, 0.1) is 23.9 Å². The minimum absolute atomic E-state index is 0.112. The zero-order chi connectivity index (χ0) is 21.6. The first-order valence-electron chi connectivity index (χ1n) is 10.1. The van der Waals surface area contributed by atoms with Gasteiger partial charge in [0.2, 0.25) is 0 Å². The van der Waals surface area contributed by atoms with E-state index in [9.17, 15) is 9.90 Å². The highest BCUT2D eigenvalue weighted by Crippen LogP contribution is 2.22. The maximum Gasteiger partial charge on any atom is 0.253 e. The van der Waals surface area contributed by atoms with E-state index in [4.69, 9.17) is 0 Å². The summed E-state index contributed by atoms with van der Waals surface area (Å²) in [5.41, 5.74) is 4.32. The summed E-state index contributed by atoms with van der Waals surface area (Å²) in [4.78, 5) is 16.9. The SMILES string of the molecule is CC1=CNC(Nc2cccnc2)C=C1n1ccc(C(=O)NC(CO)c2ccccc2)c1. The number of hydrogen-bond donors (Lipinski definition) is 4. The molecule has 1 aliphatic rings. The molecule has 0 saturated heterocycles. The molecule has 7 heteroatoms. The topological polar surface area (TPSA) is 91.2 Å². The molecule has 31 heavy (non-hydrogen) atoms. The fourth-order valence-electron chi connectivity index (χ4n) is 3.47. The van der Waals surface area contributed by atoms with Crippen LogP contribution in [0.25, 0.3) is 5.70 Å². The summed E-state index contributed by atoms with van der Waals surface area (Å²) in [5.74, 6) is -0.233. The van der Waals surface area contributed by atoms with Gasteiger partial charge in [0, 0.05) is 36.7 Å². The van der Waals surface area contributed by atoms with Crippen LogP contribution in [0.1, 0.15) is 28.9 Å². The zero-order valence-corrected chi connectivity index (χ0v) is 17.2. The second kappa shape index (κ2) is 9.32. The number of pyridine rings is 1. The number of benzene rings is 1. The Morgan fingerprint density at radius 2 is 2.06 bits per heavy atom. The van der Waals surface area contributed by atoms with Gasteiger partial charge in [0.1, 0.15) is 6.17 Å². The lowest BCUT2D eigenvalue weighted by Crippen LogP contribution is -2.34. The number of rotatable bonds is 7. The van der Waals surface area contributed by atoms with Gasteiger partial charge in [-0.15, -0.1) is 0 Å². The van der Waals surface area contributed by atoms with Gasteiger partial charge in [-0.3, -0.25) is 9.78 Å². The Hall–Kier alpha value is -3.84. The summed E-state index contributed by atoms with van der Waals surface area (Å²) in [6.07, 6.45) is 11.1. The number of hydrogen-bond acceptors (Lipinski definition) is 5. The van der Waals surface area contributed by atoms with Crippen LogP contribution in [0.4, 0.5) is 5.69 Å². The number of dihydropyridines is 1. The average molecular weight is 415 g/mol. The molecule has 0 saturated carbocycles.